The number of aromatic nitrogens is 1. The Morgan fingerprint density at radius 1 is 1.36 bits per heavy atom. The highest BCUT2D eigenvalue weighted by Crippen LogP contribution is 2.20. The van der Waals surface area contributed by atoms with E-state index < -0.39 is 17.7 Å². The molecule has 22 heavy (non-hydrogen) atoms. The fourth-order valence-electron chi connectivity index (χ4n) is 1.94. The summed E-state index contributed by atoms with van der Waals surface area (Å²) in [6.45, 7) is 0. The molecule has 0 bridgehead atoms. The van der Waals surface area contributed by atoms with Crippen LogP contribution in [0.4, 0.5) is 5.13 Å². The Hall–Kier alpha value is -2.35. The maximum atomic E-state index is 12.0. The van der Waals surface area contributed by atoms with Crippen LogP contribution in [-0.2, 0) is 20.8 Å². The van der Waals surface area contributed by atoms with Crippen molar-refractivity contribution in [1.82, 2.24) is 10.3 Å². The Labute approximate surface area is 130 Å². The minimum atomic E-state index is -0.921. The Balaban J connectivity index is 1.55. The minimum Gasteiger partial charge on any atom is -0.353 e. The maximum Gasteiger partial charge on any atom is 0.262 e. The number of aliphatic imine (C=N–C) groups is 1. The van der Waals surface area contributed by atoms with Gasteiger partial charge in [0.1, 0.15) is 5.92 Å². The van der Waals surface area contributed by atoms with Gasteiger partial charge in [0.25, 0.3) is 5.91 Å². The van der Waals surface area contributed by atoms with E-state index >= 15 is 0 Å². The van der Waals surface area contributed by atoms with Gasteiger partial charge in [-0.05, 0) is 18.9 Å². The molecule has 2 aliphatic rings. The minimum absolute atomic E-state index is 0.0644. The number of rotatable bonds is 5. The smallest absolute Gasteiger partial charge is 0.262 e. The highest BCUT2D eigenvalue weighted by atomic mass is 32.1. The van der Waals surface area contributed by atoms with Crippen molar-refractivity contribution in [2.45, 2.75) is 25.3 Å². The molecule has 3 rings (SSSR count). The molecule has 0 aromatic carbocycles. The highest BCUT2D eigenvalue weighted by Gasteiger charge is 2.26. The molecule has 0 spiro atoms. The van der Waals surface area contributed by atoms with Gasteiger partial charge in [-0.3, -0.25) is 14.4 Å². The predicted molar refractivity (Wildman–Crippen MR) is 81.7 cm³/mol. The number of carbonyl (C=O) groups excluding carboxylic acids is 3. The predicted octanol–water partition coefficient (Wildman–Crippen LogP) is 0.686. The Morgan fingerprint density at radius 2 is 2.18 bits per heavy atom. The molecule has 1 aromatic heterocycles. The second-order valence-electron chi connectivity index (χ2n) is 5.13. The Morgan fingerprint density at radius 3 is 2.91 bits per heavy atom. The van der Waals surface area contributed by atoms with Gasteiger partial charge in [0.15, 0.2) is 5.13 Å². The Kier molecular flexibility index (Phi) is 4.10. The third-order valence-electron chi connectivity index (χ3n) is 3.21. The summed E-state index contributed by atoms with van der Waals surface area (Å²) >= 11 is 1.22. The van der Waals surface area contributed by atoms with Crippen molar-refractivity contribution < 1.29 is 14.4 Å². The summed E-state index contributed by atoms with van der Waals surface area (Å²) in [5.41, 5.74) is 0.599. The number of thiazole rings is 1. The van der Waals surface area contributed by atoms with E-state index in [0.29, 0.717) is 16.9 Å². The average Bonchev–Trinajstić information content (AvgIpc) is 3.18. The number of nitrogens with zero attached hydrogens (tertiary/aromatic N) is 2. The quantitative estimate of drug-likeness (QED) is 0.780. The van der Waals surface area contributed by atoms with Gasteiger partial charge in [0, 0.05) is 17.6 Å². The van der Waals surface area contributed by atoms with Crippen LogP contribution >= 0.6 is 11.3 Å². The lowest BCUT2D eigenvalue weighted by atomic mass is 10.1. The molecule has 1 aliphatic carbocycles. The molecule has 8 heteroatoms. The van der Waals surface area contributed by atoms with E-state index in [2.05, 4.69) is 20.6 Å². The first-order valence-electron chi connectivity index (χ1n) is 6.91. The average molecular weight is 318 g/mol. The van der Waals surface area contributed by atoms with E-state index in [1.807, 2.05) is 0 Å². The lowest BCUT2D eigenvalue weighted by molar-refractivity contribution is -0.128. The van der Waals surface area contributed by atoms with E-state index in [0.717, 1.165) is 12.8 Å². The fourth-order valence-corrected chi connectivity index (χ4v) is 2.65. The third-order valence-corrected chi connectivity index (χ3v) is 4.01. The van der Waals surface area contributed by atoms with Crippen LogP contribution in [0.25, 0.3) is 0 Å². The number of allylic oxidation sites excluding steroid dienone is 1. The number of anilines is 1. The second-order valence-corrected chi connectivity index (χ2v) is 5.99. The fraction of sp³-hybridized carbons (Fsp3) is 0.357. The van der Waals surface area contributed by atoms with Gasteiger partial charge in [0.05, 0.1) is 12.1 Å². The zero-order valence-electron chi connectivity index (χ0n) is 11.6. The molecule has 1 unspecified atom stereocenters. The molecular formula is C14H14N4O3S. The molecule has 3 amide bonds. The number of hydrogen-bond acceptors (Lipinski definition) is 5. The molecule has 114 valence electrons. The monoisotopic (exact) mass is 318 g/mol. The number of nitrogens with one attached hydrogen (secondary N) is 2. The summed E-state index contributed by atoms with van der Waals surface area (Å²) in [5, 5.41) is 7.55. The van der Waals surface area contributed by atoms with Gasteiger partial charge in [-0.2, -0.15) is 0 Å². The molecule has 7 nitrogen and oxygen atoms in total. The normalized spacial score (nSPS) is 20.0. The van der Waals surface area contributed by atoms with Crippen LogP contribution in [-0.4, -0.2) is 35.0 Å². The van der Waals surface area contributed by atoms with Crippen molar-refractivity contribution in [1.29, 1.82) is 0 Å². The van der Waals surface area contributed by atoms with Crippen molar-refractivity contribution in [3.8, 4) is 0 Å². The first-order chi connectivity index (χ1) is 10.6. The lowest BCUT2D eigenvalue weighted by Gasteiger charge is -2.09. The summed E-state index contributed by atoms with van der Waals surface area (Å²) in [4.78, 5) is 42.9. The molecule has 1 atom stereocenters. The van der Waals surface area contributed by atoms with Gasteiger partial charge in [-0.25, -0.2) is 9.98 Å². The SMILES string of the molecule is O=C(Cc1csc(NC(=O)C2C=CC=NC2=O)n1)NC1CC1. The second kappa shape index (κ2) is 6.18. The number of dihydropyridines is 1. The first kappa shape index (κ1) is 14.6. The Bertz CT molecular complexity index is 675. The van der Waals surface area contributed by atoms with E-state index in [4.69, 9.17) is 0 Å². The van der Waals surface area contributed by atoms with Crippen molar-refractivity contribution in [2.75, 3.05) is 5.32 Å². The van der Waals surface area contributed by atoms with Crippen LogP contribution in [0.3, 0.4) is 0 Å². The number of carbonyl (C=O) groups is 3. The summed E-state index contributed by atoms with van der Waals surface area (Å²) in [7, 11) is 0. The van der Waals surface area contributed by atoms with Gasteiger partial charge >= 0.3 is 0 Å². The zero-order valence-corrected chi connectivity index (χ0v) is 12.4. The molecule has 1 saturated carbocycles. The summed E-state index contributed by atoms with van der Waals surface area (Å²) in [6, 6.07) is 0.315. The standard InChI is InChI=1S/C14H14N4O3S/c19-11(16-8-3-4-8)6-9-7-22-14(17-9)18-13(21)10-2-1-5-15-12(10)20/h1-2,5,7-8,10H,3-4,6H2,(H,16,19)(H,17,18,21). The molecular weight excluding hydrogens is 304 g/mol. The van der Waals surface area contributed by atoms with Crippen molar-refractivity contribution in [2.24, 2.45) is 10.9 Å². The molecule has 1 fully saturated rings. The van der Waals surface area contributed by atoms with Crippen LogP contribution < -0.4 is 10.6 Å². The summed E-state index contributed by atoms with van der Waals surface area (Å²) < 4.78 is 0. The van der Waals surface area contributed by atoms with E-state index in [1.165, 1.54) is 23.6 Å². The molecule has 0 saturated heterocycles. The van der Waals surface area contributed by atoms with Crippen molar-refractivity contribution in [3.63, 3.8) is 0 Å². The summed E-state index contributed by atoms with van der Waals surface area (Å²) in [5.74, 6) is -1.96. The van der Waals surface area contributed by atoms with Gasteiger partial charge in [0.2, 0.25) is 11.8 Å². The first-order valence-corrected chi connectivity index (χ1v) is 7.79. The van der Waals surface area contributed by atoms with Gasteiger partial charge in [-0.15, -0.1) is 11.3 Å². The lowest BCUT2D eigenvalue weighted by Crippen LogP contribution is -2.28. The van der Waals surface area contributed by atoms with Crippen molar-refractivity contribution in [3.05, 3.63) is 23.2 Å². The molecule has 2 heterocycles. The number of hydrogen-bond donors (Lipinski definition) is 2. The molecule has 2 N–H and O–H groups in total. The van der Waals surface area contributed by atoms with Gasteiger partial charge in [-0.1, -0.05) is 6.08 Å². The molecule has 0 radical (unpaired) electrons. The summed E-state index contributed by atoms with van der Waals surface area (Å²) in [6.07, 6.45) is 6.66. The topological polar surface area (TPSA) is 101 Å². The van der Waals surface area contributed by atoms with Crippen molar-refractivity contribution >= 4 is 40.4 Å². The van der Waals surface area contributed by atoms with E-state index in [1.54, 1.807) is 11.5 Å². The highest BCUT2D eigenvalue weighted by molar-refractivity contribution is 7.13. The van der Waals surface area contributed by atoms with Crippen LogP contribution in [0.2, 0.25) is 0 Å². The van der Waals surface area contributed by atoms with E-state index in [9.17, 15) is 14.4 Å². The van der Waals surface area contributed by atoms with Crippen LogP contribution in [0.15, 0.2) is 22.5 Å². The van der Waals surface area contributed by atoms with Crippen LogP contribution in [0.1, 0.15) is 18.5 Å². The maximum absolute atomic E-state index is 12.0. The largest absolute Gasteiger partial charge is 0.353 e. The molecule has 1 aliphatic heterocycles. The number of amides is 3. The molecule has 1 aromatic rings. The van der Waals surface area contributed by atoms with Crippen LogP contribution in [0, 0.1) is 5.92 Å². The zero-order chi connectivity index (χ0) is 15.5. The van der Waals surface area contributed by atoms with Gasteiger partial charge < -0.3 is 10.6 Å². The van der Waals surface area contributed by atoms with Crippen LogP contribution in [0.5, 0.6) is 0 Å². The van der Waals surface area contributed by atoms with E-state index in [-0.39, 0.29) is 12.3 Å². The third kappa shape index (κ3) is 3.64.